The molecule has 0 aliphatic heterocycles. The molecule has 0 aliphatic rings. The van der Waals surface area contributed by atoms with E-state index in [9.17, 15) is 8.78 Å². The van der Waals surface area contributed by atoms with Gasteiger partial charge in [0.05, 0.1) is 13.2 Å². The SMILES string of the molecule is COCCN(CCOC)c1c(F)cc(C(=N)N)cc1F. The molecule has 0 aliphatic carbocycles. The Morgan fingerprint density at radius 2 is 1.60 bits per heavy atom. The number of ether oxygens (including phenoxy) is 2. The summed E-state index contributed by atoms with van der Waals surface area (Å²) >= 11 is 0. The van der Waals surface area contributed by atoms with E-state index in [0.717, 1.165) is 12.1 Å². The number of rotatable bonds is 8. The van der Waals surface area contributed by atoms with Gasteiger partial charge >= 0.3 is 0 Å². The number of halogens is 2. The minimum atomic E-state index is -0.762. The summed E-state index contributed by atoms with van der Waals surface area (Å²) in [6.45, 7) is 1.31. The molecule has 1 aromatic carbocycles. The van der Waals surface area contributed by atoms with E-state index >= 15 is 0 Å². The van der Waals surface area contributed by atoms with E-state index in [-0.39, 0.29) is 17.1 Å². The number of nitrogens with one attached hydrogen (secondary N) is 1. The van der Waals surface area contributed by atoms with Gasteiger partial charge in [-0.05, 0) is 12.1 Å². The molecular weight excluding hydrogens is 268 g/mol. The van der Waals surface area contributed by atoms with Crippen LogP contribution in [0.25, 0.3) is 0 Å². The highest BCUT2D eigenvalue weighted by Crippen LogP contribution is 2.24. The first kappa shape index (κ1) is 16.3. The summed E-state index contributed by atoms with van der Waals surface area (Å²) in [6.07, 6.45) is 0. The van der Waals surface area contributed by atoms with E-state index in [1.165, 1.54) is 19.1 Å². The smallest absolute Gasteiger partial charge is 0.150 e. The van der Waals surface area contributed by atoms with Crippen molar-refractivity contribution in [3.63, 3.8) is 0 Å². The van der Waals surface area contributed by atoms with Gasteiger partial charge in [-0.3, -0.25) is 5.41 Å². The molecule has 0 heterocycles. The van der Waals surface area contributed by atoms with Crippen molar-refractivity contribution in [3.05, 3.63) is 29.3 Å². The van der Waals surface area contributed by atoms with E-state index in [4.69, 9.17) is 20.6 Å². The van der Waals surface area contributed by atoms with Gasteiger partial charge in [0.1, 0.15) is 23.2 Å². The molecule has 0 fully saturated rings. The second-order valence-corrected chi connectivity index (χ2v) is 4.17. The van der Waals surface area contributed by atoms with Crippen LogP contribution in [0, 0.1) is 17.0 Å². The number of nitrogens with zero attached hydrogens (tertiary/aromatic N) is 1. The number of hydrogen-bond donors (Lipinski definition) is 2. The third kappa shape index (κ3) is 4.14. The molecule has 3 N–H and O–H groups in total. The third-order valence-electron chi connectivity index (χ3n) is 2.77. The number of hydrogen-bond acceptors (Lipinski definition) is 4. The predicted octanol–water partition coefficient (Wildman–Crippen LogP) is 1.35. The molecule has 0 spiro atoms. The highest BCUT2D eigenvalue weighted by molar-refractivity contribution is 5.95. The Kier molecular flexibility index (Phi) is 6.33. The molecular formula is C13H19F2N3O2. The van der Waals surface area contributed by atoms with Crippen molar-refractivity contribution >= 4 is 11.5 Å². The largest absolute Gasteiger partial charge is 0.384 e. The lowest BCUT2D eigenvalue weighted by molar-refractivity contribution is 0.189. The van der Waals surface area contributed by atoms with Crippen LogP contribution >= 0.6 is 0 Å². The Hall–Kier alpha value is -1.73. The molecule has 20 heavy (non-hydrogen) atoms. The first-order valence-electron chi connectivity index (χ1n) is 6.07. The lowest BCUT2D eigenvalue weighted by atomic mass is 10.1. The molecule has 7 heteroatoms. The molecule has 0 bridgehead atoms. The number of nitrogen functional groups attached to an aromatic ring is 1. The van der Waals surface area contributed by atoms with Crippen LogP contribution in [0.15, 0.2) is 12.1 Å². The summed E-state index contributed by atoms with van der Waals surface area (Å²) in [5.41, 5.74) is 5.09. The quantitative estimate of drug-likeness (QED) is 0.559. The molecule has 0 saturated heterocycles. The molecule has 1 rings (SSSR count). The third-order valence-corrected chi connectivity index (χ3v) is 2.77. The molecule has 0 amide bonds. The first-order valence-corrected chi connectivity index (χ1v) is 6.07. The average Bonchev–Trinajstić information content (AvgIpc) is 2.40. The minimum Gasteiger partial charge on any atom is -0.384 e. The van der Waals surface area contributed by atoms with Crippen LogP contribution in [0.1, 0.15) is 5.56 Å². The summed E-state index contributed by atoms with van der Waals surface area (Å²) in [5.74, 6) is -1.90. The fraction of sp³-hybridized carbons (Fsp3) is 0.462. The van der Waals surface area contributed by atoms with Gasteiger partial charge in [-0.2, -0.15) is 0 Å². The standard InChI is InChI=1S/C13H19F2N3O2/c1-19-5-3-18(4-6-20-2)12-10(14)7-9(13(16)17)8-11(12)15/h7-8H,3-6H2,1-2H3,(H3,16,17). The topological polar surface area (TPSA) is 71.6 Å². The predicted molar refractivity (Wildman–Crippen MR) is 73.3 cm³/mol. The van der Waals surface area contributed by atoms with Gasteiger partial charge in [-0.15, -0.1) is 0 Å². The highest BCUT2D eigenvalue weighted by atomic mass is 19.1. The van der Waals surface area contributed by atoms with Crippen LogP contribution in [-0.2, 0) is 9.47 Å². The van der Waals surface area contributed by atoms with Gasteiger partial charge in [0.15, 0.2) is 0 Å². The minimum absolute atomic E-state index is 0.0159. The van der Waals surface area contributed by atoms with E-state index < -0.39 is 11.6 Å². The number of amidine groups is 1. The van der Waals surface area contributed by atoms with Crippen molar-refractivity contribution in [1.82, 2.24) is 0 Å². The summed E-state index contributed by atoms with van der Waals surface area (Å²) in [7, 11) is 3.03. The van der Waals surface area contributed by atoms with Crippen LogP contribution in [0.2, 0.25) is 0 Å². The molecule has 0 unspecified atom stereocenters. The Labute approximate surface area is 116 Å². The zero-order valence-electron chi connectivity index (χ0n) is 11.6. The Bertz CT molecular complexity index is 438. The van der Waals surface area contributed by atoms with Gasteiger partial charge < -0.3 is 20.1 Å². The molecule has 0 radical (unpaired) electrons. The lowest BCUT2D eigenvalue weighted by Crippen LogP contribution is -2.32. The molecule has 112 valence electrons. The highest BCUT2D eigenvalue weighted by Gasteiger charge is 2.18. The monoisotopic (exact) mass is 287 g/mol. The van der Waals surface area contributed by atoms with E-state index in [1.54, 1.807) is 0 Å². The van der Waals surface area contributed by atoms with E-state index in [2.05, 4.69) is 0 Å². The zero-order valence-corrected chi connectivity index (χ0v) is 11.6. The maximum atomic E-state index is 14.1. The van der Waals surface area contributed by atoms with Gasteiger partial charge in [0, 0.05) is 32.9 Å². The average molecular weight is 287 g/mol. The summed E-state index contributed by atoms with van der Waals surface area (Å²) in [5, 5.41) is 7.22. The van der Waals surface area contributed by atoms with Crippen molar-refractivity contribution in [2.75, 3.05) is 45.4 Å². The van der Waals surface area contributed by atoms with E-state index in [0.29, 0.717) is 26.3 Å². The van der Waals surface area contributed by atoms with Crippen LogP contribution in [0.5, 0.6) is 0 Å². The van der Waals surface area contributed by atoms with Crippen molar-refractivity contribution < 1.29 is 18.3 Å². The lowest BCUT2D eigenvalue weighted by Gasteiger charge is -2.25. The van der Waals surface area contributed by atoms with Gasteiger partial charge in [-0.25, -0.2) is 8.78 Å². The number of benzene rings is 1. The summed E-state index contributed by atoms with van der Waals surface area (Å²) < 4.78 is 38.0. The van der Waals surface area contributed by atoms with Crippen molar-refractivity contribution in [3.8, 4) is 0 Å². The number of methoxy groups -OCH3 is 2. The second kappa shape index (κ2) is 7.76. The molecule has 5 nitrogen and oxygen atoms in total. The van der Waals surface area contributed by atoms with Crippen molar-refractivity contribution in [2.45, 2.75) is 0 Å². The Morgan fingerprint density at radius 3 is 1.95 bits per heavy atom. The fourth-order valence-corrected chi connectivity index (χ4v) is 1.76. The molecule has 1 aromatic rings. The normalized spacial score (nSPS) is 10.6. The number of anilines is 1. The van der Waals surface area contributed by atoms with Crippen LogP contribution in [-0.4, -0.2) is 46.4 Å². The zero-order chi connectivity index (χ0) is 15.1. The van der Waals surface area contributed by atoms with Crippen molar-refractivity contribution in [2.24, 2.45) is 5.73 Å². The second-order valence-electron chi connectivity index (χ2n) is 4.17. The Morgan fingerprint density at radius 1 is 1.15 bits per heavy atom. The van der Waals surface area contributed by atoms with Gasteiger partial charge in [0.25, 0.3) is 0 Å². The number of nitrogens with two attached hydrogens (primary N) is 1. The van der Waals surface area contributed by atoms with Crippen LogP contribution < -0.4 is 10.6 Å². The van der Waals surface area contributed by atoms with Crippen molar-refractivity contribution in [1.29, 1.82) is 5.41 Å². The van der Waals surface area contributed by atoms with Crippen LogP contribution in [0.4, 0.5) is 14.5 Å². The maximum absolute atomic E-state index is 14.1. The van der Waals surface area contributed by atoms with Crippen LogP contribution in [0.3, 0.4) is 0 Å². The maximum Gasteiger partial charge on any atom is 0.150 e. The molecule has 0 atom stereocenters. The van der Waals surface area contributed by atoms with Gasteiger partial charge in [-0.1, -0.05) is 0 Å². The van der Waals surface area contributed by atoms with E-state index in [1.807, 2.05) is 0 Å². The van der Waals surface area contributed by atoms with Gasteiger partial charge in [0.2, 0.25) is 0 Å². The Balaban J connectivity index is 3.08. The summed E-state index contributed by atoms with van der Waals surface area (Å²) in [4.78, 5) is 1.50. The molecule has 0 aromatic heterocycles. The molecule has 0 saturated carbocycles. The fourth-order valence-electron chi connectivity index (χ4n) is 1.76. The first-order chi connectivity index (χ1) is 9.51. The summed E-state index contributed by atoms with van der Waals surface area (Å²) in [6, 6.07) is 2.10.